The van der Waals surface area contributed by atoms with Crippen molar-refractivity contribution in [2.45, 2.75) is 13.3 Å². The smallest absolute Gasteiger partial charge is 0.136 e. The Labute approximate surface area is 136 Å². The molecule has 3 rings (SSSR count). The average Bonchev–Trinajstić information content (AvgIpc) is 3.11. The molecule has 1 aromatic heterocycles. The Morgan fingerprint density at radius 2 is 1.78 bits per heavy atom. The molecule has 1 heterocycles. The van der Waals surface area contributed by atoms with Gasteiger partial charge in [-0.05, 0) is 37.1 Å². The number of nitrogens with zero attached hydrogens (tertiary/aromatic N) is 1. The predicted molar refractivity (Wildman–Crippen MR) is 95.1 cm³/mol. The first-order valence-electron chi connectivity index (χ1n) is 7.76. The first-order valence-corrected chi connectivity index (χ1v) is 7.76. The Hall–Kier alpha value is -2.81. The molecule has 0 spiro atoms. The van der Waals surface area contributed by atoms with E-state index in [0.717, 1.165) is 30.1 Å². The molecule has 0 radical (unpaired) electrons. The molecule has 0 bridgehead atoms. The molecule has 3 aromatic rings. The molecule has 0 amide bonds. The third-order valence-corrected chi connectivity index (χ3v) is 3.62. The molecule has 0 aliphatic carbocycles. The van der Waals surface area contributed by atoms with E-state index in [9.17, 15) is 0 Å². The van der Waals surface area contributed by atoms with Crippen molar-refractivity contribution in [3.63, 3.8) is 0 Å². The van der Waals surface area contributed by atoms with Crippen LogP contribution in [0.2, 0.25) is 0 Å². The third kappa shape index (κ3) is 4.33. The number of furan rings is 1. The predicted octanol–water partition coefficient (Wildman–Crippen LogP) is 4.69. The standard InChI is InChI=1S/C20H20N2O/c1-16-7-9-19(10-8-16)22-20(18-12-14-23-15-18)21-13-11-17-5-3-2-4-6-17/h2-10,12,14-15H,11,13H2,1H3,(H,21,22). The summed E-state index contributed by atoms with van der Waals surface area (Å²) in [5.74, 6) is 0.832. The second-order valence-corrected chi connectivity index (χ2v) is 5.47. The van der Waals surface area contributed by atoms with Gasteiger partial charge in [0.05, 0.1) is 11.8 Å². The fraction of sp³-hybridized carbons (Fsp3) is 0.150. The Morgan fingerprint density at radius 3 is 2.48 bits per heavy atom. The van der Waals surface area contributed by atoms with Crippen LogP contribution in [0, 0.1) is 6.92 Å². The molecule has 0 saturated carbocycles. The number of aryl methyl sites for hydroxylation is 1. The lowest BCUT2D eigenvalue weighted by atomic mass is 10.1. The van der Waals surface area contributed by atoms with E-state index in [0.29, 0.717) is 0 Å². The minimum atomic E-state index is 0.726. The van der Waals surface area contributed by atoms with E-state index in [4.69, 9.17) is 9.41 Å². The maximum absolute atomic E-state index is 5.20. The largest absolute Gasteiger partial charge is 0.472 e. The molecule has 0 atom stereocenters. The summed E-state index contributed by atoms with van der Waals surface area (Å²) >= 11 is 0. The molecule has 2 aromatic carbocycles. The van der Waals surface area contributed by atoms with Gasteiger partial charge in [0.15, 0.2) is 0 Å². The fourth-order valence-corrected chi connectivity index (χ4v) is 2.32. The highest BCUT2D eigenvalue weighted by Crippen LogP contribution is 2.12. The number of aliphatic imine (C=N–C) groups is 1. The Kier molecular flexibility index (Phi) is 4.89. The first kappa shape index (κ1) is 15.1. The van der Waals surface area contributed by atoms with E-state index < -0.39 is 0 Å². The van der Waals surface area contributed by atoms with Gasteiger partial charge in [0, 0.05) is 12.2 Å². The van der Waals surface area contributed by atoms with Gasteiger partial charge in [-0.25, -0.2) is 0 Å². The van der Waals surface area contributed by atoms with Crippen molar-refractivity contribution in [2.24, 2.45) is 4.99 Å². The van der Waals surface area contributed by atoms with Gasteiger partial charge in [0.1, 0.15) is 12.1 Å². The molecule has 0 aliphatic heterocycles. The minimum absolute atomic E-state index is 0.726. The van der Waals surface area contributed by atoms with Gasteiger partial charge in [0.25, 0.3) is 0 Å². The average molecular weight is 304 g/mol. The van der Waals surface area contributed by atoms with Gasteiger partial charge in [-0.3, -0.25) is 4.99 Å². The van der Waals surface area contributed by atoms with Gasteiger partial charge in [-0.1, -0.05) is 48.0 Å². The Morgan fingerprint density at radius 1 is 1.00 bits per heavy atom. The molecule has 0 fully saturated rings. The topological polar surface area (TPSA) is 37.5 Å². The highest BCUT2D eigenvalue weighted by atomic mass is 16.3. The molecule has 3 heteroatoms. The SMILES string of the molecule is Cc1ccc(NC(=NCCc2ccccc2)c2ccoc2)cc1. The molecule has 1 N–H and O–H groups in total. The summed E-state index contributed by atoms with van der Waals surface area (Å²) in [6.45, 7) is 2.80. The van der Waals surface area contributed by atoms with Gasteiger partial charge in [-0.2, -0.15) is 0 Å². The van der Waals surface area contributed by atoms with E-state index in [1.54, 1.807) is 12.5 Å². The van der Waals surface area contributed by atoms with E-state index in [-0.39, 0.29) is 0 Å². The molecule has 0 saturated heterocycles. The zero-order valence-electron chi connectivity index (χ0n) is 13.2. The first-order chi connectivity index (χ1) is 11.3. The van der Waals surface area contributed by atoms with Crippen molar-refractivity contribution in [1.29, 1.82) is 0 Å². The maximum Gasteiger partial charge on any atom is 0.136 e. The molecule has 0 unspecified atom stereocenters. The number of hydrogen-bond acceptors (Lipinski definition) is 2. The summed E-state index contributed by atoms with van der Waals surface area (Å²) in [7, 11) is 0. The lowest BCUT2D eigenvalue weighted by molar-refractivity contribution is 0.567. The lowest BCUT2D eigenvalue weighted by Crippen LogP contribution is -2.14. The molecular formula is C20H20N2O. The normalized spacial score (nSPS) is 11.4. The van der Waals surface area contributed by atoms with E-state index >= 15 is 0 Å². The number of rotatable bonds is 5. The van der Waals surface area contributed by atoms with Crippen LogP contribution in [0.1, 0.15) is 16.7 Å². The van der Waals surface area contributed by atoms with Crippen molar-refractivity contribution in [1.82, 2.24) is 0 Å². The van der Waals surface area contributed by atoms with Crippen LogP contribution in [-0.2, 0) is 6.42 Å². The van der Waals surface area contributed by atoms with Crippen molar-refractivity contribution in [2.75, 3.05) is 11.9 Å². The van der Waals surface area contributed by atoms with Crippen LogP contribution in [0.15, 0.2) is 82.6 Å². The van der Waals surface area contributed by atoms with E-state index in [1.807, 2.05) is 12.1 Å². The van der Waals surface area contributed by atoms with Gasteiger partial charge < -0.3 is 9.73 Å². The second-order valence-electron chi connectivity index (χ2n) is 5.47. The number of benzene rings is 2. The third-order valence-electron chi connectivity index (χ3n) is 3.62. The molecule has 23 heavy (non-hydrogen) atoms. The Balaban J connectivity index is 1.73. The summed E-state index contributed by atoms with van der Waals surface area (Å²) in [5, 5.41) is 3.38. The van der Waals surface area contributed by atoms with Crippen molar-refractivity contribution in [3.05, 3.63) is 89.9 Å². The summed E-state index contributed by atoms with van der Waals surface area (Å²) in [5.41, 5.74) is 4.51. The van der Waals surface area contributed by atoms with Crippen LogP contribution in [0.3, 0.4) is 0 Å². The summed E-state index contributed by atoms with van der Waals surface area (Å²) in [6.07, 6.45) is 4.29. The van der Waals surface area contributed by atoms with Crippen molar-refractivity contribution < 1.29 is 4.42 Å². The number of nitrogens with one attached hydrogen (secondary N) is 1. The van der Waals surface area contributed by atoms with Gasteiger partial charge >= 0.3 is 0 Å². The zero-order valence-corrected chi connectivity index (χ0v) is 13.2. The highest BCUT2D eigenvalue weighted by molar-refractivity contribution is 6.08. The molecular weight excluding hydrogens is 284 g/mol. The summed E-state index contributed by atoms with van der Waals surface area (Å²) in [6, 6.07) is 20.6. The number of hydrogen-bond donors (Lipinski definition) is 1. The molecule has 116 valence electrons. The summed E-state index contributed by atoms with van der Waals surface area (Å²) < 4.78 is 5.20. The monoisotopic (exact) mass is 304 g/mol. The van der Waals surface area contributed by atoms with Crippen molar-refractivity contribution in [3.8, 4) is 0 Å². The fourth-order valence-electron chi connectivity index (χ4n) is 2.32. The minimum Gasteiger partial charge on any atom is -0.472 e. The lowest BCUT2D eigenvalue weighted by Gasteiger charge is -2.09. The number of amidine groups is 1. The van der Waals surface area contributed by atoms with Crippen LogP contribution in [0.25, 0.3) is 0 Å². The van der Waals surface area contributed by atoms with Crippen molar-refractivity contribution >= 4 is 11.5 Å². The van der Waals surface area contributed by atoms with Crippen LogP contribution in [-0.4, -0.2) is 12.4 Å². The van der Waals surface area contributed by atoms with Gasteiger partial charge in [0.2, 0.25) is 0 Å². The number of anilines is 1. The maximum atomic E-state index is 5.20. The van der Waals surface area contributed by atoms with Crippen LogP contribution in [0.5, 0.6) is 0 Å². The van der Waals surface area contributed by atoms with Gasteiger partial charge in [-0.15, -0.1) is 0 Å². The van der Waals surface area contributed by atoms with E-state index in [2.05, 4.69) is 60.8 Å². The molecule has 3 nitrogen and oxygen atoms in total. The second kappa shape index (κ2) is 7.45. The quantitative estimate of drug-likeness (QED) is 0.548. The van der Waals surface area contributed by atoms with E-state index in [1.165, 1.54) is 11.1 Å². The van der Waals surface area contributed by atoms with Crippen LogP contribution < -0.4 is 5.32 Å². The summed E-state index contributed by atoms with van der Waals surface area (Å²) in [4.78, 5) is 4.72. The molecule has 0 aliphatic rings. The highest BCUT2D eigenvalue weighted by Gasteiger charge is 2.05. The van der Waals surface area contributed by atoms with Crippen LogP contribution in [0.4, 0.5) is 5.69 Å². The van der Waals surface area contributed by atoms with Crippen LogP contribution >= 0.6 is 0 Å². The zero-order chi connectivity index (χ0) is 15.9. The Bertz CT molecular complexity index is 744.